The van der Waals surface area contributed by atoms with E-state index in [4.69, 9.17) is 4.74 Å². The van der Waals surface area contributed by atoms with E-state index < -0.39 is 0 Å². The van der Waals surface area contributed by atoms with Gasteiger partial charge in [-0.15, -0.1) is 0 Å². The number of nitrogens with zero attached hydrogens (tertiary/aromatic N) is 2. The molecule has 0 spiro atoms. The van der Waals surface area contributed by atoms with E-state index in [-0.39, 0.29) is 29.5 Å². The van der Waals surface area contributed by atoms with Crippen LogP contribution in [0.15, 0.2) is 47.3 Å². The standard InChI is InChI=1S/C19H19FN4O3/c1-12-9-15(27-2)10-18(25)24(12)8-7-21-19(26)17-11-16(22-23-17)13-3-5-14(20)6-4-13/h3-6,9-11H,7-8H2,1-2H3,(H,21,26)(H,22,23). The third-order valence-electron chi connectivity index (χ3n) is 4.13. The van der Waals surface area contributed by atoms with Gasteiger partial charge in [-0.2, -0.15) is 5.10 Å². The molecule has 1 aromatic carbocycles. The summed E-state index contributed by atoms with van der Waals surface area (Å²) in [7, 11) is 1.50. The predicted octanol–water partition coefficient (Wildman–Crippen LogP) is 2.12. The number of methoxy groups -OCH3 is 1. The van der Waals surface area contributed by atoms with E-state index in [0.717, 1.165) is 5.69 Å². The Balaban J connectivity index is 1.62. The number of rotatable bonds is 6. The van der Waals surface area contributed by atoms with Crippen LogP contribution in [0.25, 0.3) is 11.3 Å². The summed E-state index contributed by atoms with van der Waals surface area (Å²) in [6.07, 6.45) is 0. The lowest BCUT2D eigenvalue weighted by atomic mass is 10.1. The number of amides is 1. The molecule has 2 heterocycles. The van der Waals surface area contributed by atoms with Crippen molar-refractivity contribution in [1.29, 1.82) is 0 Å². The second-order valence-corrected chi connectivity index (χ2v) is 5.96. The fraction of sp³-hybridized carbons (Fsp3) is 0.211. The van der Waals surface area contributed by atoms with Crippen molar-refractivity contribution in [2.75, 3.05) is 13.7 Å². The molecule has 2 N–H and O–H groups in total. The number of hydrogen-bond acceptors (Lipinski definition) is 4. The zero-order valence-corrected chi connectivity index (χ0v) is 15.0. The van der Waals surface area contributed by atoms with E-state index in [2.05, 4.69) is 15.5 Å². The number of aromatic nitrogens is 3. The minimum Gasteiger partial charge on any atom is -0.496 e. The topological polar surface area (TPSA) is 89.0 Å². The number of ether oxygens (including phenoxy) is 1. The normalized spacial score (nSPS) is 10.6. The van der Waals surface area contributed by atoms with Gasteiger partial charge in [-0.1, -0.05) is 0 Å². The van der Waals surface area contributed by atoms with E-state index in [1.54, 1.807) is 35.8 Å². The van der Waals surface area contributed by atoms with Gasteiger partial charge in [-0.3, -0.25) is 14.7 Å². The van der Waals surface area contributed by atoms with E-state index in [9.17, 15) is 14.0 Å². The molecular formula is C19H19FN4O3. The van der Waals surface area contributed by atoms with E-state index in [1.807, 2.05) is 0 Å². The Bertz CT molecular complexity index is 1010. The molecule has 0 aliphatic heterocycles. The highest BCUT2D eigenvalue weighted by Crippen LogP contribution is 2.18. The summed E-state index contributed by atoms with van der Waals surface area (Å²) < 4.78 is 19.6. The molecule has 2 aromatic heterocycles. The molecule has 0 atom stereocenters. The first-order valence-corrected chi connectivity index (χ1v) is 8.33. The van der Waals surface area contributed by atoms with Crippen molar-refractivity contribution in [1.82, 2.24) is 20.1 Å². The number of benzene rings is 1. The molecule has 0 unspecified atom stereocenters. The highest BCUT2D eigenvalue weighted by Gasteiger charge is 2.11. The first-order valence-electron chi connectivity index (χ1n) is 8.33. The van der Waals surface area contributed by atoms with Gasteiger partial charge < -0.3 is 14.6 Å². The molecule has 0 saturated heterocycles. The summed E-state index contributed by atoms with van der Waals surface area (Å²) >= 11 is 0. The highest BCUT2D eigenvalue weighted by atomic mass is 19.1. The lowest BCUT2D eigenvalue weighted by molar-refractivity contribution is 0.0947. The number of hydrogen-bond donors (Lipinski definition) is 2. The fourth-order valence-corrected chi connectivity index (χ4v) is 2.69. The third kappa shape index (κ3) is 4.22. The lowest BCUT2D eigenvalue weighted by Gasteiger charge is -2.11. The van der Waals surface area contributed by atoms with Crippen LogP contribution < -0.4 is 15.6 Å². The number of nitrogens with one attached hydrogen (secondary N) is 2. The quantitative estimate of drug-likeness (QED) is 0.696. The molecular weight excluding hydrogens is 351 g/mol. The maximum atomic E-state index is 13.0. The number of pyridine rings is 1. The van der Waals surface area contributed by atoms with Crippen molar-refractivity contribution < 1.29 is 13.9 Å². The van der Waals surface area contributed by atoms with E-state index in [1.165, 1.54) is 25.3 Å². The van der Waals surface area contributed by atoms with Gasteiger partial charge in [-0.05, 0) is 43.3 Å². The van der Waals surface area contributed by atoms with Crippen LogP contribution in [0.4, 0.5) is 4.39 Å². The Kier molecular flexibility index (Phi) is 5.35. The van der Waals surface area contributed by atoms with Gasteiger partial charge in [0.2, 0.25) is 0 Å². The molecule has 0 fully saturated rings. The first kappa shape index (κ1) is 18.4. The van der Waals surface area contributed by atoms with Crippen LogP contribution in [0.3, 0.4) is 0 Å². The number of H-pyrrole nitrogens is 1. The summed E-state index contributed by atoms with van der Waals surface area (Å²) in [5.74, 6) is -0.171. The number of carbonyl (C=O) groups is 1. The number of halogens is 1. The molecule has 0 saturated carbocycles. The summed E-state index contributed by atoms with van der Waals surface area (Å²) in [5.41, 5.74) is 2.08. The van der Waals surface area contributed by atoms with Crippen LogP contribution in [-0.2, 0) is 6.54 Å². The molecule has 0 aliphatic rings. The Morgan fingerprint density at radius 2 is 2.00 bits per heavy atom. The summed E-state index contributed by atoms with van der Waals surface area (Å²) in [6.45, 7) is 2.41. The van der Waals surface area contributed by atoms with E-state index >= 15 is 0 Å². The van der Waals surface area contributed by atoms with Crippen molar-refractivity contribution in [3.8, 4) is 17.0 Å². The van der Waals surface area contributed by atoms with Gasteiger partial charge in [0.15, 0.2) is 0 Å². The Morgan fingerprint density at radius 1 is 1.26 bits per heavy atom. The molecule has 3 aromatic rings. The summed E-state index contributed by atoms with van der Waals surface area (Å²) in [4.78, 5) is 24.3. The van der Waals surface area contributed by atoms with Gasteiger partial charge in [-0.25, -0.2) is 4.39 Å². The zero-order chi connectivity index (χ0) is 19.4. The van der Waals surface area contributed by atoms with Gasteiger partial charge in [0.25, 0.3) is 11.5 Å². The molecule has 8 heteroatoms. The Hall–Kier alpha value is -3.42. The lowest BCUT2D eigenvalue weighted by Crippen LogP contribution is -2.31. The van der Waals surface area contributed by atoms with Crippen molar-refractivity contribution in [3.63, 3.8) is 0 Å². The SMILES string of the molecule is COc1cc(C)n(CCNC(=O)c2cc(-c3ccc(F)cc3)n[nH]2)c(=O)c1. The van der Waals surface area contributed by atoms with Crippen LogP contribution in [0, 0.1) is 12.7 Å². The third-order valence-corrected chi connectivity index (χ3v) is 4.13. The average Bonchev–Trinajstić information content (AvgIpc) is 3.14. The maximum absolute atomic E-state index is 13.0. The Morgan fingerprint density at radius 3 is 2.67 bits per heavy atom. The van der Waals surface area contributed by atoms with Crippen LogP contribution in [0.5, 0.6) is 5.75 Å². The van der Waals surface area contributed by atoms with Gasteiger partial charge in [0, 0.05) is 30.4 Å². The molecule has 7 nitrogen and oxygen atoms in total. The molecule has 1 amide bonds. The molecule has 27 heavy (non-hydrogen) atoms. The summed E-state index contributed by atoms with van der Waals surface area (Å²) in [5, 5.41) is 9.48. The van der Waals surface area contributed by atoms with Gasteiger partial charge in [0.1, 0.15) is 17.3 Å². The highest BCUT2D eigenvalue weighted by molar-refractivity contribution is 5.93. The second kappa shape index (κ2) is 7.86. The molecule has 140 valence electrons. The van der Waals surface area contributed by atoms with Crippen LogP contribution in [0.1, 0.15) is 16.2 Å². The number of aryl methyl sites for hydroxylation is 1. The van der Waals surface area contributed by atoms with Crippen LogP contribution in [0.2, 0.25) is 0 Å². The number of aromatic amines is 1. The fourth-order valence-electron chi connectivity index (χ4n) is 2.69. The van der Waals surface area contributed by atoms with Crippen molar-refractivity contribution in [3.05, 3.63) is 70.0 Å². The minimum absolute atomic E-state index is 0.193. The maximum Gasteiger partial charge on any atom is 0.269 e. The Labute approximate surface area is 154 Å². The van der Waals surface area contributed by atoms with Crippen molar-refractivity contribution in [2.45, 2.75) is 13.5 Å². The number of carbonyl (C=O) groups excluding carboxylic acids is 1. The van der Waals surface area contributed by atoms with Gasteiger partial charge >= 0.3 is 0 Å². The summed E-state index contributed by atoms with van der Waals surface area (Å²) in [6, 6.07) is 10.6. The van der Waals surface area contributed by atoms with E-state index in [0.29, 0.717) is 23.6 Å². The van der Waals surface area contributed by atoms with Crippen LogP contribution in [-0.4, -0.2) is 34.3 Å². The van der Waals surface area contributed by atoms with Gasteiger partial charge in [0.05, 0.1) is 12.8 Å². The zero-order valence-electron chi connectivity index (χ0n) is 15.0. The smallest absolute Gasteiger partial charge is 0.269 e. The predicted molar refractivity (Wildman–Crippen MR) is 98.3 cm³/mol. The largest absolute Gasteiger partial charge is 0.496 e. The van der Waals surface area contributed by atoms with Crippen molar-refractivity contribution >= 4 is 5.91 Å². The monoisotopic (exact) mass is 370 g/mol. The average molecular weight is 370 g/mol. The van der Waals surface area contributed by atoms with Crippen LogP contribution >= 0.6 is 0 Å². The molecule has 0 radical (unpaired) electrons. The molecule has 0 bridgehead atoms. The minimum atomic E-state index is -0.338. The molecule has 3 rings (SSSR count). The second-order valence-electron chi connectivity index (χ2n) is 5.96. The molecule has 0 aliphatic carbocycles. The first-order chi connectivity index (χ1) is 13.0. The van der Waals surface area contributed by atoms with Crippen molar-refractivity contribution in [2.24, 2.45) is 0 Å².